The number of nitrogens with zero attached hydrogens (tertiary/aromatic N) is 2. The van der Waals surface area contributed by atoms with Crippen molar-refractivity contribution in [3.63, 3.8) is 0 Å². The van der Waals surface area contributed by atoms with E-state index in [-0.39, 0.29) is 11.7 Å². The molecule has 21 heavy (non-hydrogen) atoms. The summed E-state index contributed by atoms with van der Waals surface area (Å²) in [6, 6.07) is 8.23. The van der Waals surface area contributed by atoms with Gasteiger partial charge in [-0.2, -0.15) is 0 Å². The maximum atomic E-state index is 13.9. The molecule has 0 aliphatic rings. The van der Waals surface area contributed by atoms with Crippen molar-refractivity contribution >= 4 is 68.4 Å². The lowest BCUT2D eigenvalue weighted by atomic mass is 10.2. The third-order valence-electron chi connectivity index (χ3n) is 2.99. The van der Waals surface area contributed by atoms with Gasteiger partial charge in [-0.3, -0.25) is 4.57 Å². The van der Waals surface area contributed by atoms with Crippen molar-refractivity contribution in [1.82, 2.24) is 9.55 Å². The Labute approximate surface area is 149 Å². The second-order valence-corrected chi connectivity index (χ2v) is 6.68. The van der Waals surface area contributed by atoms with Crippen LogP contribution in [0.5, 0.6) is 0 Å². The molecule has 1 heterocycles. The molecule has 0 aliphatic heterocycles. The number of aromatic nitrogens is 2. The summed E-state index contributed by atoms with van der Waals surface area (Å²) in [5.41, 5.74) is 2.00. The fourth-order valence-electron chi connectivity index (χ4n) is 2.17. The summed E-state index contributed by atoms with van der Waals surface area (Å²) < 4.78 is 16.2. The predicted octanol–water partition coefficient (Wildman–Crippen LogP) is 5.81. The summed E-state index contributed by atoms with van der Waals surface area (Å²) in [4.78, 5) is 4.44. The number of imidazole rings is 1. The molecule has 108 valence electrons. The van der Waals surface area contributed by atoms with Gasteiger partial charge in [0.25, 0.3) is 0 Å². The molecule has 7 heteroatoms. The van der Waals surface area contributed by atoms with Crippen LogP contribution in [0.25, 0.3) is 16.7 Å². The first kappa shape index (κ1) is 15.3. The van der Waals surface area contributed by atoms with Crippen molar-refractivity contribution in [1.29, 1.82) is 0 Å². The molecule has 2 aromatic carbocycles. The van der Waals surface area contributed by atoms with Crippen LogP contribution in [0.3, 0.4) is 0 Å². The van der Waals surface area contributed by atoms with E-state index < -0.39 is 0 Å². The average molecular weight is 455 g/mol. The summed E-state index contributed by atoms with van der Waals surface area (Å²) in [7, 11) is 0. The second-order valence-electron chi connectivity index (χ2n) is 4.38. The molecule has 3 rings (SSSR count). The van der Waals surface area contributed by atoms with Gasteiger partial charge in [-0.1, -0.05) is 23.2 Å². The number of hydrogen-bond donors (Lipinski definition) is 0. The molecule has 0 amide bonds. The molecule has 1 aromatic heterocycles. The van der Waals surface area contributed by atoms with Crippen molar-refractivity contribution in [3.05, 3.63) is 55.6 Å². The second kappa shape index (κ2) is 5.91. The smallest absolute Gasteiger partial charge is 0.138 e. The maximum absolute atomic E-state index is 13.9. The van der Waals surface area contributed by atoms with Gasteiger partial charge in [0.1, 0.15) is 11.6 Å². The van der Waals surface area contributed by atoms with Crippen LogP contribution in [0.2, 0.25) is 10.0 Å². The molecule has 0 aliphatic carbocycles. The van der Waals surface area contributed by atoms with Gasteiger partial charge in [0.2, 0.25) is 0 Å². The molecule has 0 N–H and O–H groups in total. The molecular formula is C14H7Cl3FIN2. The Morgan fingerprint density at radius 3 is 2.38 bits per heavy atom. The van der Waals surface area contributed by atoms with E-state index in [1.807, 2.05) is 22.6 Å². The van der Waals surface area contributed by atoms with Crippen LogP contribution in [0.4, 0.5) is 4.39 Å². The largest absolute Gasteiger partial charge is 0.295 e. The highest BCUT2D eigenvalue weighted by Crippen LogP contribution is 2.29. The Morgan fingerprint density at radius 1 is 1.10 bits per heavy atom. The number of fused-ring (bicyclic) bond motifs is 1. The third kappa shape index (κ3) is 2.86. The van der Waals surface area contributed by atoms with Crippen LogP contribution in [0, 0.1) is 9.39 Å². The minimum atomic E-state index is -0.307. The molecule has 0 saturated carbocycles. The number of alkyl halides is 1. The van der Waals surface area contributed by atoms with Crippen molar-refractivity contribution in [3.8, 4) is 5.69 Å². The van der Waals surface area contributed by atoms with Gasteiger partial charge in [0.15, 0.2) is 0 Å². The molecule has 0 fully saturated rings. The standard InChI is InChI=1S/C14H7Cl3FIN2/c15-6-14-20-12-5-11(19)10(18)4-13(12)21(14)9-2-7(16)1-8(17)3-9/h1-5H,6H2. The Hall–Kier alpha value is -0.560. The molecule has 0 unspecified atom stereocenters. The third-order valence-corrected chi connectivity index (χ3v) is 4.49. The van der Waals surface area contributed by atoms with E-state index in [2.05, 4.69) is 4.98 Å². The Kier molecular flexibility index (Phi) is 4.32. The molecule has 2 nitrogen and oxygen atoms in total. The van der Waals surface area contributed by atoms with Gasteiger partial charge in [0.05, 0.1) is 26.2 Å². The van der Waals surface area contributed by atoms with Crippen LogP contribution in [0.15, 0.2) is 30.3 Å². The zero-order chi connectivity index (χ0) is 15.1. The number of hydrogen-bond acceptors (Lipinski definition) is 1. The first-order valence-corrected chi connectivity index (χ1v) is 8.25. The van der Waals surface area contributed by atoms with Crippen LogP contribution >= 0.6 is 57.4 Å². The molecule has 0 spiro atoms. The number of rotatable bonds is 2. The summed E-state index contributed by atoms with van der Waals surface area (Å²) in [5.74, 6) is 0.488. The highest BCUT2D eigenvalue weighted by Gasteiger charge is 2.15. The SMILES string of the molecule is Fc1cc2c(cc1I)nc(CCl)n2-c1cc(Cl)cc(Cl)c1. The minimum absolute atomic E-state index is 0.191. The van der Waals surface area contributed by atoms with Gasteiger partial charge in [-0.15, -0.1) is 11.6 Å². The lowest BCUT2D eigenvalue weighted by Gasteiger charge is -2.09. The summed E-state index contributed by atoms with van der Waals surface area (Å²) in [5, 5.41) is 0.983. The van der Waals surface area contributed by atoms with Crippen molar-refractivity contribution in [2.45, 2.75) is 5.88 Å². The number of halogens is 5. The van der Waals surface area contributed by atoms with E-state index in [4.69, 9.17) is 34.8 Å². The van der Waals surface area contributed by atoms with E-state index in [0.29, 0.717) is 36.2 Å². The highest BCUT2D eigenvalue weighted by atomic mass is 127. The Bertz CT molecular complexity index is 828. The quantitative estimate of drug-likeness (QED) is 0.352. The van der Waals surface area contributed by atoms with Gasteiger partial charge in [-0.05, 0) is 46.9 Å². The molecule has 0 saturated heterocycles. The molecule has 0 radical (unpaired) electrons. The Balaban J connectivity index is 2.36. The lowest BCUT2D eigenvalue weighted by molar-refractivity contribution is 0.622. The van der Waals surface area contributed by atoms with Gasteiger partial charge >= 0.3 is 0 Å². The van der Waals surface area contributed by atoms with Gasteiger partial charge in [0, 0.05) is 16.1 Å². The van der Waals surface area contributed by atoms with Gasteiger partial charge in [-0.25, -0.2) is 9.37 Å². The summed E-state index contributed by atoms with van der Waals surface area (Å²) in [6.07, 6.45) is 0. The van der Waals surface area contributed by atoms with E-state index >= 15 is 0 Å². The molecule has 0 bridgehead atoms. The van der Waals surface area contributed by atoms with E-state index in [0.717, 1.165) is 0 Å². The fraction of sp³-hybridized carbons (Fsp3) is 0.0714. The lowest BCUT2D eigenvalue weighted by Crippen LogP contribution is -1.99. The first-order chi connectivity index (χ1) is 9.99. The highest BCUT2D eigenvalue weighted by molar-refractivity contribution is 14.1. The first-order valence-electron chi connectivity index (χ1n) is 5.88. The van der Waals surface area contributed by atoms with Crippen LogP contribution in [0.1, 0.15) is 5.82 Å². The Morgan fingerprint density at radius 2 is 1.76 bits per heavy atom. The van der Waals surface area contributed by atoms with Crippen LogP contribution in [-0.2, 0) is 5.88 Å². The van der Waals surface area contributed by atoms with Crippen LogP contribution < -0.4 is 0 Å². The van der Waals surface area contributed by atoms with E-state index in [9.17, 15) is 4.39 Å². The zero-order valence-corrected chi connectivity index (χ0v) is 14.8. The maximum Gasteiger partial charge on any atom is 0.138 e. The predicted molar refractivity (Wildman–Crippen MR) is 93.3 cm³/mol. The minimum Gasteiger partial charge on any atom is -0.295 e. The van der Waals surface area contributed by atoms with Crippen molar-refractivity contribution in [2.75, 3.05) is 0 Å². The van der Waals surface area contributed by atoms with Crippen molar-refractivity contribution < 1.29 is 4.39 Å². The molecule has 3 aromatic rings. The average Bonchev–Trinajstić information content (AvgIpc) is 2.75. The number of benzene rings is 2. The zero-order valence-electron chi connectivity index (χ0n) is 10.4. The van der Waals surface area contributed by atoms with E-state index in [1.54, 1.807) is 28.8 Å². The van der Waals surface area contributed by atoms with Gasteiger partial charge < -0.3 is 0 Å². The summed E-state index contributed by atoms with van der Waals surface area (Å²) in [6.45, 7) is 0. The van der Waals surface area contributed by atoms with E-state index in [1.165, 1.54) is 6.07 Å². The summed E-state index contributed by atoms with van der Waals surface area (Å²) >= 11 is 20.0. The molecule has 0 atom stereocenters. The monoisotopic (exact) mass is 454 g/mol. The normalized spacial score (nSPS) is 11.3. The van der Waals surface area contributed by atoms with Crippen LogP contribution in [-0.4, -0.2) is 9.55 Å². The molecular weight excluding hydrogens is 448 g/mol. The fourth-order valence-corrected chi connectivity index (χ4v) is 3.31. The topological polar surface area (TPSA) is 17.8 Å². The van der Waals surface area contributed by atoms with Crippen molar-refractivity contribution in [2.24, 2.45) is 0 Å².